The molecule has 3 N–H and O–H groups in total. The Labute approximate surface area is 175 Å². The second kappa shape index (κ2) is 8.92. The number of nitrogens with zero attached hydrogens (tertiary/aromatic N) is 1. The molecular formula is C23H27FN4O2. The molecule has 1 aliphatic carbocycles. The number of methoxy groups -OCH3 is 1. The predicted molar refractivity (Wildman–Crippen MR) is 114 cm³/mol. The molecule has 0 unspecified atom stereocenters. The van der Waals surface area contributed by atoms with E-state index in [1.54, 1.807) is 18.2 Å². The number of hydrogen-bond donors (Lipinski definition) is 3. The van der Waals surface area contributed by atoms with Crippen LogP contribution in [0.2, 0.25) is 0 Å². The van der Waals surface area contributed by atoms with E-state index in [1.165, 1.54) is 19.2 Å². The zero-order chi connectivity index (χ0) is 21.1. The summed E-state index contributed by atoms with van der Waals surface area (Å²) in [5, 5.41) is 15.6. The molecule has 0 spiro atoms. The van der Waals surface area contributed by atoms with Crippen LogP contribution >= 0.6 is 0 Å². The van der Waals surface area contributed by atoms with Crippen molar-refractivity contribution in [2.75, 3.05) is 25.5 Å². The number of carbonyl (C=O) groups excluding carboxylic acids is 1. The molecule has 6 nitrogen and oxygen atoms in total. The fraction of sp³-hybridized carbons (Fsp3) is 0.435. The Hall–Kier alpha value is -2.80. The second-order valence-corrected chi connectivity index (χ2v) is 8.01. The van der Waals surface area contributed by atoms with Crippen molar-refractivity contribution >= 4 is 23.2 Å². The second-order valence-electron chi connectivity index (χ2n) is 8.01. The highest BCUT2D eigenvalue weighted by Gasteiger charge is 2.31. The summed E-state index contributed by atoms with van der Waals surface area (Å²) in [5.74, 6) is 0.0884. The van der Waals surface area contributed by atoms with Gasteiger partial charge in [0.15, 0.2) is 5.69 Å². The van der Waals surface area contributed by atoms with Gasteiger partial charge in [0.2, 0.25) is 0 Å². The Balaban J connectivity index is 1.83. The molecule has 158 valence electrons. The summed E-state index contributed by atoms with van der Waals surface area (Å²) in [6, 6.07) is 7.81. The summed E-state index contributed by atoms with van der Waals surface area (Å²) in [4.78, 5) is 16.9. The minimum absolute atomic E-state index is 0.213. The Morgan fingerprint density at radius 1 is 1.20 bits per heavy atom. The summed E-state index contributed by atoms with van der Waals surface area (Å²) in [7, 11) is 1.34. The normalized spacial score (nSPS) is 17.3. The summed E-state index contributed by atoms with van der Waals surface area (Å²) < 4.78 is 18.3. The minimum Gasteiger partial charge on any atom is -0.464 e. The number of carbonyl (C=O) groups is 1. The van der Waals surface area contributed by atoms with Gasteiger partial charge in [0.05, 0.1) is 7.11 Å². The van der Waals surface area contributed by atoms with E-state index < -0.39 is 5.97 Å². The zero-order valence-electron chi connectivity index (χ0n) is 17.1. The summed E-state index contributed by atoms with van der Waals surface area (Å²) in [5.41, 5.74) is 3.21. The van der Waals surface area contributed by atoms with E-state index in [0.29, 0.717) is 17.2 Å². The van der Waals surface area contributed by atoms with Crippen LogP contribution in [0.15, 0.2) is 30.3 Å². The van der Waals surface area contributed by atoms with Crippen molar-refractivity contribution in [3.63, 3.8) is 0 Å². The van der Waals surface area contributed by atoms with Crippen LogP contribution < -0.4 is 10.6 Å². The molecule has 1 saturated carbocycles. The fourth-order valence-electron chi connectivity index (χ4n) is 4.17. The quantitative estimate of drug-likeness (QED) is 0.486. The first-order valence-electron chi connectivity index (χ1n) is 10.5. The van der Waals surface area contributed by atoms with Gasteiger partial charge in [-0.15, -0.1) is 0 Å². The smallest absolute Gasteiger partial charge is 0.356 e. The number of hydrogen-bond acceptors (Lipinski definition) is 6. The maximum absolute atomic E-state index is 13.4. The van der Waals surface area contributed by atoms with E-state index in [4.69, 9.17) is 10.1 Å². The Bertz CT molecular complexity index is 935. The number of benzene rings is 1. The molecule has 0 radical (unpaired) electrons. The highest BCUT2D eigenvalue weighted by atomic mass is 19.1. The van der Waals surface area contributed by atoms with Gasteiger partial charge in [-0.05, 0) is 80.6 Å². The van der Waals surface area contributed by atoms with E-state index in [0.717, 1.165) is 56.3 Å². The molecule has 1 aliphatic heterocycles. The molecule has 1 aromatic heterocycles. The third-order valence-corrected chi connectivity index (χ3v) is 6.11. The van der Waals surface area contributed by atoms with Crippen molar-refractivity contribution in [1.29, 1.82) is 5.41 Å². The first-order valence-corrected chi connectivity index (χ1v) is 10.5. The SMILES string of the molecule is COC(=O)c1cc(C2CCNCC2)c(C(=N)C2CCC2)c(Nc2ccc(F)cc2)n1. The largest absolute Gasteiger partial charge is 0.464 e. The van der Waals surface area contributed by atoms with Gasteiger partial charge in [0, 0.05) is 22.9 Å². The Morgan fingerprint density at radius 3 is 2.50 bits per heavy atom. The van der Waals surface area contributed by atoms with Gasteiger partial charge in [-0.3, -0.25) is 0 Å². The number of nitrogens with one attached hydrogen (secondary N) is 3. The van der Waals surface area contributed by atoms with Crippen molar-refractivity contribution in [2.45, 2.75) is 38.0 Å². The molecular weight excluding hydrogens is 383 g/mol. The first kappa shape index (κ1) is 20.5. The third-order valence-electron chi connectivity index (χ3n) is 6.11. The van der Waals surface area contributed by atoms with Crippen LogP contribution in [0.3, 0.4) is 0 Å². The molecule has 4 rings (SSSR count). The molecule has 2 heterocycles. The summed E-state index contributed by atoms with van der Waals surface area (Å²) in [6.07, 6.45) is 5.00. The molecule has 2 aromatic rings. The van der Waals surface area contributed by atoms with Crippen LogP contribution in [-0.2, 0) is 4.74 Å². The van der Waals surface area contributed by atoms with Gasteiger partial charge in [-0.25, -0.2) is 14.2 Å². The molecule has 30 heavy (non-hydrogen) atoms. The van der Waals surface area contributed by atoms with Crippen LogP contribution in [0.25, 0.3) is 0 Å². The van der Waals surface area contributed by atoms with Gasteiger partial charge in [0.25, 0.3) is 0 Å². The predicted octanol–water partition coefficient (Wildman–Crippen LogP) is 4.39. The van der Waals surface area contributed by atoms with E-state index in [2.05, 4.69) is 15.6 Å². The third kappa shape index (κ3) is 4.21. The molecule has 0 bridgehead atoms. The molecule has 1 aromatic carbocycles. The average molecular weight is 410 g/mol. The number of aromatic nitrogens is 1. The molecule has 2 aliphatic rings. The van der Waals surface area contributed by atoms with Crippen molar-refractivity contribution < 1.29 is 13.9 Å². The lowest BCUT2D eigenvalue weighted by atomic mass is 9.76. The number of halogens is 1. The number of pyridine rings is 1. The zero-order valence-corrected chi connectivity index (χ0v) is 17.1. The highest BCUT2D eigenvalue weighted by molar-refractivity contribution is 6.07. The van der Waals surface area contributed by atoms with Crippen molar-refractivity contribution in [2.24, 2.45) is 5.92 Å². The lowest BCUT2D eigenvalue weighted by Crippen LogP contribution is -2.30. The van der Waals surface area contributed by atoms with Gasteiger partial charge in [-0.1, -0.05) is 6.42 Å². The van der Waals surface area contributed by atoms with Crippen LogP contribution in [0.4, 0.5) is 15.9 Å². The van der Waals surface area contributed by atoms with Crippen molar-refractivity contribution in [3.8, 4) is 0 Å². The topological polar surface area (TPSA) is 87.1 Å². The average Bonchev–Trinajstić information content (AvgIpc) is 2.73. The number of ether oxygens (including phenoxy) is 1. The van der Waals surface area contributed by atoms with Crippen LogP contribution in [0.5, 0.6) is 0 Å². The minimum atomic E-state index is -0.505. The van der Waals surface area contributed by atoms with Gasteiger partial charge < -0.3 is 20.8 Å². The van der Waals surface area contributed by atoms with E-state index in [9.17, 15) is 9.18 Å². The molecule has 2 fully saturated rings. The van der Waals surface area contributed by atoms with Crippen molar-refractivity contribution in [1.82, 2.24) is 10.3 Å². The van der Waals surface area contributed by atoms with Crippen molar-refractivity contribution in [3.05, 3.63) is 53.0 Å². The monoisotopic (exact) mass is 410 g/mol. The van der Waals surface area contributed by atoms with E-state index in [1.807, 2.05) is 0 Å². The lowest BCUT2D eigenvalue weighted by molar-refractivity contribution is 0.0594. The van der Waals surface area contributed by atoms with Gasteiger partial charge in [0.1, 0.15) is 11.6 Å². The van der Waals surface area contributed by atoms with Crippen LogP contribution in [-0.4, -0.2) is 36.9 Å². The number of rotatable bonds is 6. The van der Waals surface area contributed by atoms with Crippen LogP contribution in [0, 0.1) is 17.1 Å². The lowest BCUT2D eigenvalue weighted by Gasteiger charge is -2.31. The van der Waals surface area contributed by atoms with E-state index >= 15 is 0 Å². The van der Waals surface area contributed by atoms with Gasteiger partial charge >= 0.3 is 5.97 Å². The molecule has 0 atom stereocenters. The number of anilines is 2. The highest BCUT2D eigenvalue weighted by Crippen LogP contribution is 2.38. The van der Waals surface area contributed by atoms with E-state index in [-0.39, 0.29) is 23.3 Å². The maximum atomic E-state index is 13.4. The molecule has 7 heteroatoms. The Morgan fingerprint density at radius 2 is 1.90 bits per heavy atom. The fourth-order valence-corrected chi connectivity index (χ4v) is 4.17. The van der Waals surface area contributed by atoms with Crippen LogP contribution in [0.1, 0.15) is 59.6 Å². The molecule has 0 amide bonds. The molecule has 1 saturated heterocycles. The summed E-state index contributed by atoms with van der Waals surface area (Å²) >= 11 is 0. The standard InChI is InChI=1S/C23H27FN4O2/c1-30-23(29)19-13-18(14-9-11-26-12-10-14)20(21(25)15-3-2-4-15)22(28-19)27-17-7-5-16(24)6-8-17/h5-8,13-15,25-26H,2-4,9-12H2,1H3,(H,27,28). The summed E-state index contributed by atoms with van der Waals surface area (Å²) in [6.45, 7) is 1.80. The van der Waals surface area contributed by atoms with Gasteiger partial charge in [-0.2, -0.15) is 0 Å². The first-order chi connectivity index (χ1) is 14.6. The Kier molecular flexibility index (Phi) is 6.08. The number of esters is 1. The number of piperidine rings is 1. The maximum Gasteiger partial charge on any atom is 0.356 e.